The molecular weight excluding hydrogens is 863 g/mol. The lowest BCUT2D eigenvalue weighted by Crippen LogP contribution is -2.44. The zero-order chi connectivity index (χ0) is 50.6. The summed E-state index contributed by atoms with van der Waals surface area (Å²) in [5, 5.41) is 11.7. The van der Waals surface area contributed by atoms with E-state index in [9.17, 15) is 19.5 Å². The number of allylic oxidation sites excluding steroid dienone is 22. The summed E-state index contributed by atoms with van der Waals surface area (Å²) in [6.07, 6.45) is 67.9. The summed E-state index contributed by atoms with van der Waals surface area (Å²) in [6.45, 7) is 4.39. The lowest BCUT2D eigenvalue weighted by atomic mass is 10.1. The topological polar surface area (TPSA) is 111 Å². The Kier molecular flexibility index (Phi) is 46.5. The molecule has 2 atom stereocenters. The van der Waals surface area contributed by atoms with E-state index in [2.05, 4.69) is 135 Å². The maximum absolute atomic E-state index is 12.8. The molecule has 0 rings (SSSR count). The average Bonchev–Trinajstić information content (AvgIpc) is 3.31. The second-order valence-electron chi connectivity index (χ2n) is 18.0. The largest absolute Gasteiger partial charge is 0.545 e. The number of hydrogen-bond donors (Lipinski definition) is 0. The van der Waals surface area contributed by atoms with Crippen LogP contribution in [0.4, 0.5) is 0 Å². The van der Waals surface area contributed by atoms with E-state index < -0.39 is 30.3 Å². The summed E-state index contributed by atoms with van der Waals surface area (Å²) in [7, 11) is 5.88. The van der Waals surface area contributed by atoms with Crippen LogP contribution in [-0.4, -0.2) is 82.3 Å². The molecule has 0 saturated heterocycles. The number of carbonyl (C=O) groups excluding carboxylic acids is 3. The Labute approximate surface area is 420 Å². The van der Waals surface area contributed by atoms with E-state index in [1.807, 2.05) is 33.3 Å². The van der Waals surface area contributed by atoms with E-state index in [4.69, 9.17) is 18.9 Å². The number of aliphatic carboxylic acids is 1. The third-order valence-electron chi connectivity index (χ3n) is 10.4. The minimum atomic E-state index is -1.65. The van der Waals surface area contributed by atoms with Gasteiger partial charge in [-0.1, -0.05) is 192 Å². The summed E-state index contributed by atoms with van der Waals surface area (Å²) in [5.41, 5.74) is 0. The van der Waals surface area contributed by atoms with Gasteiger partial charge >= 0.3 is 11.9 Å². The molecule has 9 nitrogen and oxygen atoms in total. The first-order valence-corrected chi connectivity index (χ1v) is 26.3. The van der Waals surface area contributed by atoms with Gasteiger partial charge in [0.15, 0.2) is 12.4 Å². The van der Waals surface area contributed by atoms with Crippen LogP contribution in [0, 0.1) is 0 Å². The van der Waals surface area contributed by atoms with Crippen molar-refractivity contribution < 1.29 is 42.9 Å². The Hall–Kier alpha value is -4.57. The number of rotatable bonds is 46. The Morgan fingerprint density at radius 1 is 0.435 bits per heavy atom. The first-order chi connectivity index (χ1) is 33.6. The highest BCUT2D eigenvalue weighted by atomic mass is 16.7. The molecule has 69 heavy (non-hydrogen) atoms. The fraction of sp³-hybridized carbons (Fsp3) is 0.583. The van der Waals surface area contributed by atoms with Crippen LogP contribution < -0.4 is 5.11 Å². The Morgan fingerprint density at radius 2 is 0.812 bits per heavy atom. The van der Waals surface area contributed by atoms with Gasteiger partial charge in [-0.05, 0) is 96.3 Å². The molecule has 0 aromatic carbocycles. The van der Waals surface area contributed by atoms with Crippen LogP contribution in [0.1, 0.15) is 168 Å². The van der Waals surface area contributed by atoms with Gasteiger partial charge in [-0.3, -0.25) is 9.59 Å². The van der Waals surface area contributed by atoms with Gasteiger partial charge in [-0.2, -0.15) is 0 Å². The lowest BCUT2D eigenvalue weighted by Gasteiger charge is -2.26. The maximum atomic E-state index is 12.8. The van der Waals surface area contributed by atoms with E-state index >= 15 is 0 Å². The number of esters is 2. The van der Waals surface area contributed by atoms with Gasteiger partial charge in [0.1, 0.15) is 13.2 Å². The van der Waals surface area contributed by atoms with Crippen molar-refractivity contribution in [2.75, 3.05) is 47.5 Å². The van der Waals surface area contributed by atoms with Crippen molar-refractivity contribution in [1.82, 2.24) is 0 Å². The molecule has 0 bridgehead atoms. The molecule has 0 aromatic heterocycles. The van der Waals surface area contributed by atoms with Gasteiger partial charge < -0.3 is 33.3 Å². The molecule has 0 aliphatic heterocycles. The molecule has 0 heterocycles. The lowest BCUT2D eigenvalue weighted by molar-refractivity contribution is -0.870. The highest BCUT2D eigenvalue weighted by Crippen LogP contribution is 2.13. The molecule has 0 N–H and O–H groups in total. The molecule has 0 radical (unpaired) electrons. The average molecular weight is 958 g/mol. The molecule has 0 aliphatic rings. The Bertz CT molecular complexity index is 1590. The molecule has 0 saturated carbocycles. The molecule has 388 valence electrons. The van der Waals surface area contributed by atoms with Crippen molar-refractivity contribution in [3.8, 4) is 0 Å². The third kappa shape index (κ3) is 51.1. The highest BCUT2D eigenvalue weighted by Gasteiger charge is 2.21. The van der Waals surface area contributed by atoms with Crippen LogP contribution in [-0.2, 0) is 33.3 Å². The van der Waals surface area contributed by atoms with Gasteiger partial charge in [-0.25, -0.2) is 0 Å². The maximum Gasteiger partial charge on any atom is 0.306 e. The molecule has 0 amide bonds. The van der Waals surface area contributed by atoms with Crippen LogP contribution >= 0.6 is 0 Å². The van der Waals surface area contributed by atoms with E-state index in [0.29, 0.717) is 23.9 Å². The zero-order valence-electron chi connectivity index (χ0n) is 43.9. The molecule has 2 unspecified atom stereocenters. The smallest absolute Gasteiger partial charge is 0.306 e. The predicted molar refractivity (Wildman–Crippen MR) is 287 cm³/mol. The van der Waals surface area contributed by atoms with Crippen LogP contribution in [0.2, 0.25) is 0 Å². The normalized spacial score (nSPS) is 13.9. The number of quaternary nitrogens is 1. The Balaban J connectivity index is 4.44. The summed E-state index contributed by atoms with van der Waals surface area (Å²) in [4.78, 5) is 37.2. The van der Waals surface area contributed by atoms with Crippen molar-refractivity contribution >= 4 is 17.9 Å². The summed E-state index contributed by atoms with van der Waals surface area (Å²) >= 11 is 0. The SMILES string of the molecule is CC/C=C\C/C=C\C/C=C\C/C=C\C/C=C\C/C=C\CCC(=O)OC(COC(=O)CCCCCCCCCCC/C=C\C/C=C\C/C=C\C/C=C\C/C=C\CC)COC(OCC[N+](C)(C)C)C(=O)[O-]. The first-order valence-electron chi connectivity index (χ1n) is 26.3. The number of carboxylic acid groups (broad SMARTS) is 1. The number of carboxylic acids is 1. The second kappa shape index (κ2) is 49.8. The van der Waals surface area contributed by atoms with Crippen LogP contribution in [0.15, 0.2) is 134 Å². The number of unbranched alkanes of at least 4 members (excludes halogenated alkanes) is 9. The number of hydrogen-bond acceptors (Lipinski definition) is 8. The molecule has 9 heteroatoms. The Morgan fingerprint density at radius 3 is 1.22 bits per heavy atom. The third-order valence-corrected chi connectivity index (χ3v) is 10.4. The van der Waals surface area contributed by atoms with Gasteiger partial charge in [0.2, 0.25) is 0 Å². The van der Waals surface area contributed by atoms with Crippen molar-refractivity contribution in [3.63, 3.8) is 0 Å². The fourth-order valence-corrected chi connectivity index (χ4v) is 6.41. The summed E-state index contributed by atoms with van der Waals surface area (Å²) in [6, 6.07) is 0. The molecule has 0 fully saturated rings. The molecule has 0 spiro atoms. The standard InChI is InChI=1S/C60H95NO8/c1-6-8-10-12-14-16-18-20-22-24-26-27-28-29-30-31-33-34-36-38-40-42-44-46-48-50-57(62)67-54-56(55-68-60(59(64)65)66-53-52-61(3,4)5)69-58(63)51-49-47-45-43-41-39-37-35-32-25-23-21-19-17-15-13-11-9-7-2/h8-11,14-17,20-23,26-27,29-30,32,35,39,41,45,47,56,60H,6-7,12-13,18-19,24-25,28,31,33-34,36-38,40,42-44,46,48-55H2,1-5H3/b10-8-,11-9-,16-14-,17-15-,22-20-,23-21-,27-26-,30-29-,35-32-,41-39-,47-45-. The molecule has 0 aliphatic carbocycles. The van der Waals surface area contributed by atoms with E-state index in [1.165, 1.54) is 32.1 Å². The van der Waals surface area contributed by atoms with Crippen LogP contribution in [0.5, 0.6) is 0 Å². The molecule has 0 aromatic rings. The zero-order valence-corrected chi connectivity index (χ0v) is 43.9. The van der Waals surface area contributed by atoms with Gasteiger partial charge in [-0.15, -0.1) is 0 Å². The first kappa shape index (κ1) is 64.4. The predicted octanol–water partition coefficient (Wildman–Crippen LogP) is 13.8. The van der Waals surface area contributed by atoms with Crippen molar-refractivity contribution in [1.29, 1.82) is 0 Å². The van der Waals surface area contributed by atoms with Crippen molar-refractivity contribution in [2.45, 2.75) is 180 Å². The van der Waals surface area contributed by atoms with Crippen molar-refractivity contribution in [2.24, 2.45) is 0 Å². The number of ether oxygens (including phenoxy) is 4. The second-order valence-corrected chi connectivity index (χ2v) is 18.0. The van der Waals surface area contributed by atoms with Gasteiger partial charge in [0.05, 0.1) is 40.3 Å². The van der Waals surface area contributed by atoms with Crippen LogP contribution in [0.25, 0.3) is 0 Å². The van der Waals surface area contributed by atoms with Gasteiger partial charge in [0, 0.05) is 12.8 Å². The minimum absolute atomic E-state index is 0.113. The monoisotopic (exact) mass is 958 g/mol. The molecular formula is C60H95NO8. The van der Waals surface area contributed by atoms with Gasteiger partial charge in [0.25, 0.3) is 0 Å². The number of nitrogens with zero attached hydrogens (tertiary/aromatic N) is 1. The quantitative estimate of drug-likeness (QED) is 0.0195. The van der Waals surface area contributed by atoms with Crippen molar-refractivity contribution in [3.05, 3.63) is 134 Å². The van der Waals surface area contributed by atoms with E-state index in [-0.39, 0.29) is 32.7 Å². The number of likely N-dealkylation sites (N-methyl/N-ethyl adjacent to an activating group) is 1. The fourth-order valence-electron chi connectivity index (χ4n) is 6.41. The van der Waals surface area contributed by atoms with E-state index in [0.717, 1.165) is 96.3 Å². The minimum Gasteiger partial charge on any atom is -0.545 e. The summed E-state index contributed by atoms with van der Waals surface area (Å²) in [5.74, 6) is -2.42. The summed E-state index contributed by atoms with van der Waals surface area (Å²) < 4.78 is 22.5. The highest BCUT2D eigenvalue weighted by molar-refractivity contribution is 5.70. The van der Waals surface area contributed by atoms with E-state index in [1.54, 1.807) is 0 Å². The van der Waals surface area contributed by atoms with Crippen LogP contribution in [0.3, 0.4) is 0 Å². The number of carbonyl (C=O) groups is 3.